The van der Waals surface area contributed by atoms with Crippen molar-refractivity contribution in [3.63, 3.8) is 0 Å². The van der Waals surface area contributed by atoms with Crippen LogP contribution in [-0.4, -0.2) is 50.7 Å². The molecule has 2 N–H and O–H groups in total. The summed E-state index contributed by atoms with van der Waals surface area (Å²) in [6.45, 7) is 10.5. The number of piperazine rings is 1. The average Bonchev–Trinajstić information content (AvgIpc) is 3.22. The monoisotopic (exact) mass is 534 g/mol. The Morgan fingerprint density at radius 1 is 0.974 bits per heavy atom. The molecule has 0 atom stereocenters. The van der Waals surface area contributed by atoms with Crippen LogP contribution >= 0.6 is 11.6 Å². The largest absolute Gasteiger partial charge is 0.396 e. The van der Waals surface area contributed by atoms with Crippen LogP contribution in [0.5, 0.6) is 0 Å². The van der Waals surface area contributed by atoms with Crippen molar-refractivity contribution in [2.24, 2.45) is 7.05 Å². The average molecular weight is 535 g/mol. The number of anilines is 2. The van der Waals surface area contributed by atoms with Crippen LogP contribution in [0, 0.1) is 5.95 Å². The van der Waals surface area contributed by atoms with Crippen LogP contribution in [0.4, 0.5) is 15.8 Å². The van der Waals surface area contributed by atoms with E-state index in [0.29, 0.717) is 33.2 Å². The summed E-state index contributed by atoms with van der Waals surface area (Å²) in [6, 6.07) is 14.5. The van der Waals surface area contributed by atoms with Gasteiger partial charge in [0.25, 0.3) is 0 Å². The van der Waals surface area contributed by atoms with E-state index in [2.05, 4.69) is 41.6 Å². The molecule has 5 rings (SSSR count). The highest BCUT2D eigenvalue weighted by molar-refractivity contribution is 6.32. The number of pyridine rings is 1. The van der Waals surface area contributed by atoms with Crippen molar-refractivity contribution in [2.45, 2.75) is 26.3 Å². The highest BCUT2D eigenvalue weighted by Gasteiger charge is 2.26. The van der Waals surface area contributed by atoms with E-state index < -0.39 is 5.95 Å². The Morgan fingerprint density at radius 3 is 2.34 bits per heavy atom. The van der Waals surface area contributed by atoms with Crippen LogP contribution in [0.15, 0.2) is 65.7 Å². The molecule has 1 saturated heterocycles. The number of rotatable bonds is 4. The summed E-state index contributed by atoms with van der Waals surface area (Å²) in [5.74, 6) is -0.632. The smallest absolute Gasteiger partial charge is 0.332 e. The zero-order valence-corrected chi connectivity index (χ0v) is 22.8. The molecule has 0 aliphatic carbocycles. The van der Waals surface area contributed by atoms with E-state index in [1.54, 1.807) is 37.6 Å². The first-order chi connectivity index (χ1) is 18.0. The number of aromatic nitrogens is 3. The van der Waals surface area contributed by atoms with Crippen molar-refractivity contribution < 1.29 is 4.39 Å². The third-order valence-corrected chi connectivity index (χ3v) is 7.51. The van der Waals surface area contributed by atoms with Crippen molar-refractivity contribution in [2.75, 3.05) is 36.8 Å². The Hall–Kier alpha value is -3.62. The minimum Gasteiger partial charge on any atom is -0.396 e. The molecule has 0 bridgehead atoms. The van der Waals surface area contributed by atoms with Gasteiger partial charge in [0.15, 0.2) is 0 Å². The number of nitrogens with zero attached hydrogens (tertiary/aromatic N) is 5. The second-order valence-corrected chi connectivity index (χ2v) is 11.1. The molecule has 2 aromatic heterocycles. The minimum absolute atomic E-state index is 0.141. The second kappa shape index (κ2) is 9.93. The van der Waals surface area contributed by atoms with Gasteiger partial charge in [-0.1, -0.05) is 29.8 Å². The number of nitrogens with two attached hydrogens (primary N) is 1. The number of nitrogen functional groups attached to an aromatic ring is 1. The predicted octanol–water partition coefficient (Wildman–Crippen LogP) is 5.20. The number of benzene rings is 2. The summed E-state index contributed by atoms with van der Waals surface area (Å²) in [7, 11) is 1.67. The predicted molar refractivity (Wildman–Crippen MR) is 153 cm³/mol. The highest BCUT2D eigenvalue weighted by Crippen LogP contribution is 2.37. The maximum absolute atomic E-state index is 14.8. The van der Waals surface area contributed by atoms with Gasteiger partial charge in [-0.2, -0.15) is 4.39 Å². The van der Waals surface area contributed by atoms with Crippen molar-refractivity contribution in [1.82, 2.24) is 19.0 Å². The summed E-state index contributed by atoms with van der Waals surface area (Å²) < 4.78 is 17.7. The Balaban J connectivity index is 1.47. The Kier molecular flexibility index (Phi) is 6.79. The molecule has 1 aliphatic rings. The number of hydrogen-bond donors (Lipinski definition) is 1. The van der Waals surface area contributed by atoms with E-state index in [4.69, 9.17) is 17.3 Å². The third-order valence-electron chi connectivity index (χ3n) is 7.21. The molecule has 0 unspecified atom stereocenters. The normalized spacial score (nSPS) is 14.7. The fraction of sp³-hybridized carbons (Fsp3) is 0.310. The lowest BCUT2D eigenvalue weighted by atomic mass is 9.99. The molecular formula is C29H32ClFN6O. The molecule has 0 spiro atoms. The molecule has 1 aliphatic heterocycles. The van der Waals surface area contributed by atoms with Crippen molar-refractivity contribution in [3.05, 3.63) is 82.4 Å². The maximum Gasteiger partial charge on any atom is 0.332 e. The Morgan fingerprint density at radius 2 is 1.71 bits per heavy atom. The standard InChI is InChI=1S/C29H32ClFN6O/c1-29(2,3)36-13-11-35(12-14-36)21-7-5-6-20(16-21)27-26(32)22(18-25(31)33-27)19-8-9-24(23(30)17-19)37-15-10-34(4)28(37)38/h5-10,15-18H,11-14,32H2,1-4H3. The Labute approximate surface area is 226 Å². The molecule has 1 fully saturated rings. The fourth-order valence-corrected chi connectivity index (χ4v) is 5.26. The number of imidazole rings is 1. The molecule has 4 aromatic rings. The van der Waals surface area contributed by atoms with Crippen LogP contribution in [0.2, 0.25) is 5.02 Å². The van der Waals surface area contributed by atoms with Gasteiger partial charge in [0.05, 0.1) is 22.1 Å². The highest BCUT2D eigenvalue weighted by atomic mass is 35.5. The van der Waals surface area contributed by atoms with Gasteiger partial charge in [-0.25, -0.2) is 9.78 Å². The number of aryl methyl sites for hydroxylation is 1. The fourth-order valence-electron chi connectivity index (χ4n) is 4.99. The van der Waals surface area contributed by atoms with Gasteiger partial charge in [-0.3, -0.25) is 9.47 Å². The van der Waals surface area contributed by atoms with E-state index in [-0.39, 0.29) is 11.2 Å². The Bertz CT molecular complexity index is 1550. The third kappa shape index (κ3) is 4.93. The minimum atomic E-state index is -0.632. The summed E-state index contributed by atoms with van der Waals surface area (Å²) in [5.41, 5.74) is 10.7. The van der Waals surface area contributed by atoms with Crippen LogP contribution in [0.1, 0.15) is 20.8 Å². The SMILES string of the molecule is Cn1ccn(-c2ccc(-c3cc(F)nc(-c4cccc(N5CCN(C(C)(C)C)CC5)c4)c3N)cc2Cl)c1=O. The van der Waals surface area contributed by atoms with Crippen LogP contribution in [-0.2, 0) is 7.05 Å². The second-order valence-electron chi connectivity index (χ2n) is 10.7. The molecule has 198 valence electrons. The van der Waals surface area contributed by atoms with Crippen LogP contribution in [0.3, 0.4) is 0 Å². The zero-order chi connectivity index (χ0) is 27.2. The van der Waals surface area contributed by atoms with Crippen molar-refractivity contribution >= 4 is 23.0 Å². The quantitative estimate of drug-likeness (QED) is 0.364. The molecule has 3 heterocycles. The summed E-state index contributed by atoms with van der Waals surface area (Å²) >= 11 is 6.56. The van der Waals surface area contributed by atoms with Gasteiger partial charge < -0.3 is 15.2 Å². The summed E-state index contributed by atoms with van der Waals surface area (Å²) in [4.78, 5) is 21.3. The molecular weight excluding hydrogens is 503 g/mol. The molecule has 9 heteroatoms. The van der Waals surface area contributed by atoms with Gasteiger partial charge in [0.1, 0.15) is 0 Å². The molecule has 38 heavy (non-hydrogen) atoms. The van der Waals surface area contributed by atoms with Crippen molar-refractivity contribution in [1.29, 1.82) is 0 Å². The first-order valence-corrected chi connectivity index (χ1v) is 13.0. The number of halogens is 2. The molecule has 0 saturated carbocycles. The van der Waals surface area contributed by atoms with Gasteiger partial charge >= 0.3 is 5.69 Å². The lowest BCUT2D eigenvalue weighted by molar-refractivity contribution is 0.128. The van der Waals surface area contributed by atoms with Crippen LogP contribution in [0.25, 0.3) is 28.1 Å². The van der Waals surface area contributed by atoms with Gasteiger partial charge in [-0.15, -0.1) is 0 Å². The van der Waals surface area contributed by atoms with E-state index in [9.17, 15) is 9.18 Å². The van der Waals surface area contributed by atoms with E-state index in [1.807, 2.05) is 18.2 Å². The van der Waals surface area contributed by atoms with Gasteiger partial charge in [0, 0.05) is 74.0 Å². The molecule has 0 radical (unpaired) electrons. The number of hydrogen-bond acceptors (Lipinski definition) is 5. The lowest BCUT2D eigenvalue weighted by Gasteiger charge is -2.43. The first kappa shape index (κ1) is 26.0. The van der Waals surface area contributed by atoms with Gasteiger partial charge in [-0.05, 0) is 50.6 Å². The first-order valence-electron chi connectivity index (χ1n) is 12.6. The molecule has 0 amide bonds. The lowest BCUT2D eigenvalue weighted by Crippen LogP contribution is -2.53. The molecule has 7 nitrogen and oxygen atoms in total. The van der Waals surface area contributed by atoms with Crippen LogP contribution < -0.4 is 16.3 Å². The maximum atomic E-state index is 14.8. The summed E-state index contributed by atoms with van der Waals surface area (Å²) in [5, 5.41) is 0.352. The zero-order valence-electron chi connectivity index (χ0n) is 22.1. The van der Waals surface area contributed by atoms with E-state index in [1.165, 1.54) is 15.2 Å². The van der Waals surface area contributed by atoms with E-state index >= 15 is 0 Å². The molecule has 2 aromatic carbocycles. The topological polar surface area (TPSA) is 72.3 Å². The summed E-state index contributed by atoms with van der Waals surface area (Å²) in [6.07, 6.45) is 3.31. The van der Waals surface area contributed by atoms with Crippen molar-refractivity contribution in [3.8, 4) is 28.1 Å². The van der Waals surface area contributed by atoms with Gasteiger partial charge in [0.2, 0.25) is 5.95 Å². The van der Waals surface area contributed by atoms with E-state index in [0.717, 1.165) is 37.4 Å².